The lowest BCUT2D eigenvalue weighted by molar-refractivity contribution is -0.151. The zero-order valence-electron chi connectivity index (χ0n) is 7.66. The van der Waals surface area contributed by atoms with Crippen molar-refractivity contribution >= 4 is 11.9 Å². The van der Waals surface area contributed by atoms with Gasteiger partial charge in [-0.3, -0.25) is 9.59 Å². The monoisotopic (exact) mass is 173 g/mol. The lowest BCUT2D eigenvalue weighted by atomic mass is 9.91. The molecule has 0 radical (unpaired) electrons. The number of ether oxygens (including phenoxy) is 1. The summed E-state index contributed by atoms with van der Waals surface area (Å²) in [4.78, 5) is 21.9. The van der Waals surface area contributed by atoms with Crippen LogP contribution in [-0.2, 0) is 14.3 Å². The molecule has 0 aliphatic carbocycles. The summed E-state index contributed by atoms with van der Waals surface area (Å²) in [5, 5.41) is 0. The molecular weight excluding hydrogens is 158 g/mol. The van der Waals surface area contributed by atoms with Gasteiger partial charge < -0.3 is 10.5 Å². The first-order chi connectivity index (χ1) is 5.54. The summed E-state index contributed by atoms with van der Waals surface area (Å²) in [6, 6.07) is 0. The van der Waals surface area contributed by atoms with Crippen LogP contribution in [0.15, 0.2) is 0 Å². The van der Waals surface area contributed by atoms with Crippen molar-refractivity contribution in [2.45, 2.75) is 20.3 Å². The second-order valence-electron chi connectivity index (χ2n) is 2.79. The number of nitrogens with two attached hydrogens (primary N) is 1. The molecule has 0 saturated heterocycles. The molecule has 4 heteroatoms. The fourth-order valence-corrected chi connectivity index (χ4v) is 0.992. The van der Waals surface area contributed by atoms with E-state index in [1.807, 2.05) is 6.92 Å². The number of hydrogen-bond acceptors (Lipinski definition) is 3. The van der Waals surface area contributed by atoms with E-state index in [4.69, 9.17) is 5.73 Å². The predicted octanol–water partition coefficient (Wildman–Crippen LogP) is 0.307. The van der Waals surface area contributed by atoms with Crippen LogP contribution in [0.25, 0.3) is 0 Å². The summed E-state index contributed by atoms with van der Waals surface area (Å²) in [6.45, 7) is 3.69. The minimum atomic E-state index is -0.806. The Morgan fingerprint density at radius 3 is 2.25 bits per heavy atom. The van der Waals surface area contributed by atoms with Crippen molar-refractivity contribution in [3.8, 4) is 0 Å². The molecule has 2 N–H and O–H groups in total. The first-order valence-electron chi connectivity index (χ1n) is 3.91. The van der Waals surface area contributed by atoms with Crippen LogP contribution in [0, 0.1) is 11.8 Å². The fraction of sp³-hybridized carbons (Fsp3) is 0.750. The maximum atomic E-state index is 11.0. The van der Waals surface area contributed by atoms with Gasteiger partial charge in [-0.15, -0.1) is 0 Å². The molecule has 4 nitrogen and oxygen atoms in total. The van der Waals surface area contributed by atoms with Crippen LogP contribution in [0.1, 0.15) is 20.3 Å². The van der Waals surface area contributed by atoms with Crippen molar-refractivity contribution in [2.24, 2.45) is 17.6 Å². The molecule has 12 heavy (non-hydrogen) atoms. The van der Waals surface area contributed by atoms with Gasteiger partial charge in [-0.2, -0.15) is 0 Å². The van der Waals surface area contributed by atoms with E-state index in [9.17, 15) is 9.59 Å². The van der Waals surface area contributed by atoms with Gasteiger partial charge in [0, 0.05) is 0 Å². The Balaban J connectivity index is 4.43. The summed E-state index contributed by atoms with van der Waals surface area (Å²) in [7, 11) is 1.25. The summed E-state index contributed by atoms with van der Waals surface area (Å²) < 4.78 is 4.46. The van der Waals surface area contributed by atoms with Crippen molar-refractivity contribution < 1.29 is 14.3 Å². The first kappa shape index (κ1) is 10.9. The number of hydrogen-bond donors (Lipinski definition) is 1. The maximum absolute atomic E-state index is 11.0. The third kappa shape index (κ3) is 2.53. The van der Waals surface area contributed by atoms with E-state index in [2.05, 4.69) is 4.74 Å². The molecule has 2 atom stereocenters. The summed E-state index contributed by atoms with van der Waals surface area (Å²) >= 11 is 0. The van der Waals surface area contributed by atoms with E-state index < -0.39 is 17.8 Å². The summed E-state index contributed by atoms with van der Waals surface area (Å²) in [5.74, 6) is -2.03. The molecular formula is C8H15NO3. The van der Waals surface area contributed by atoms with Gasteiger partial charge in [0.25, 0.3) is 0 Å². The molecule has 0 aromatic heterocycles. The molecule has 0 aromatic carbocycles. The van der Waals surface area contributed by atoms with Crippen molar-refractivity contribution in [1.29, 1.82) is 0 Å². The smallest absolute Gasteiger partial charge is 0.318 e. The van der Waals surface area contributed by atoms with Crippen LogP contribution in [0.4, 0.5) is 0 Å². The minimum Gasteiger partial charge on any atom is -0.468 e. The van der Waals surface area contributed by atoms with Crippen molar-refractivity contribution in [2.75, 3.05) is 7.11 Å². The molecule has 0 aliphatic heterocycles. The molecule has 0 aromatic rings. The van der Waals surface area contributed by atoms with Crippen LogP contribution < -0.4 is 5.73 Å². The van der Waals surface area contributed by atoms with Gasteiger partial charge in [0.1, 0.15) is 5.92 Å². The highest BCUT2D eigenvalue weighted by molar-refractivity contribution is 5.97. The highest BCUT2D eigenvalue weighted by Gasteiger charge is 2.29. The van der Waals surface area contributed by atoms with Gasteiger partial charge in [0.15, 0.2) is 0 Å². The number of carbonyl (C=O) groups is 2. The second-order valence-corrected chi connectivity index (χ2v) is 2.79. The van der Waals surface area contributed by atoms with Crippen LogP contribution in [0.2, 0.25) is 0 Å². The third-order valence-electron chi connectivity index (χ3n) is 1.97. The number of methoxy groups -OCH3 is 1. The van der Waals surface area contributed by atoms with Gasteiger partial charge in [0.2, 0.25) is 5.91 Å². The highest BCUT2D eigenvalue weighted by atomic mass is 16.5. The van der Waals surface area contributed by atoms with Crippen LogP contribution >= 0.6 is 0 Å². The van der Waals surface area contributed by atoms with Gasteiger partial charge in [-0.05, 0) is 5.92 Å². The van der Waals surface area contributed by atoms with E-state index in [0.29, 0.717) is 0 Å². The summed E-state index contributed by atoms with van der Waals surface area (Å²) in [5.41, 5.74) is 5.05. The third-order valence-corrected chi connectivity index (χ3v) is 1.97. The first-order valence-corrected chi connectivity index (χ1v) is 3.91. The predicted molar refractivity (Wildman–Crippen MR) is 44.2 cm³/mol. The average Bonchev–Trinajstić information content (AvgIpc) is 2.03. The molecule has 0 saturated carbocycles. The number of carbonyl (C=O) groups excluding carboxylic acids is 2. The van der Waals surface area contributed by atoms with E-state index in [1.165, 1.54) is 7.11 Å². The quantitative estimate of drug-likeness (QED) is 0.491. The van der Waals surface area contributed by atoms with Gasteiger partial charge in [-0.1, -0.05) is 20.3 Å². The molecule has 0 unspecified atom stereocenters. The standard InChI is InChI=1S/C8H15NO3/c1-4-5(2)6(7(9)10)8(11)12-3/h5-6H,4H2,1-3H3,(H2,9,10)/t5-,6-/m0/s1. The van der Waals surface area contributed by atoms with E-state index >= 15 is 0 Å². The average molecular weight is 173 g/mol. The van der Waals surface area contributed by atoms with Crippen molar-refractivity contribution in [3.05, 3.63) is 0 Å². The zero-order valence-corrected chi connectivity index (χ0v) is 7.66. The van der Waals surface area contributed by atoms with Crippen LogP contribution in [0.5, 0.6) is 0 Å². The SMILES string of the molecule is CC[C@H](C)[C@@H](C(N)=O)C(=O)OC. The lowest BCUT2D eigenvalue weighted by Gasteiger charge is -2.16. The molecule has 0 fully saturated rings. The maximum Gasteiger partial charge on any atom is 0.318 e. The molecule has 0 bridgehead atoms. The lowest BCUT2D eigenvalue weighted by Crippen LogP contribution is -2.35. The Labute approximate surface area is 72.1 Å². The molecule has 0 rings (SSSR count). The fourth-order valence-electron chi connectivity index (χ4n) is 0.992. The Morgan fingerprint density at radius 2 is 2.00 bits per heavy atom. The van der Waals surface area contributed by atoms with Gasteiger partial charge in [-0.25, -0.2) is 0 Å². The second kappa shape index (κ2) is 4.74. The molecule has 1 amide bonds. The van der Waals surface area contributed by atoms with Crippen LogP contribution in [0.3, 0.4) is 0 Å². The Hall–Kier alpha value is -1.06. The normalized spacial score (nSPS) is 14.9. The van der Waals surface area contributed by atoms with E-state index in [1.54, 1.807) is 6.92 Å². The number of rotatable bonds is 4. The zero-order chi connectivity index (χ0) is 9.72. The molecule has 0 aliphatic rings. The largest absolute Gasteiger partial charge is 0.468 e. The van der Waals surface area contributed by atoms with Gasteiger partial charge >= 0.3 is 5.97 Å². The Morgan fingerprint density at radius 1 is 1.50 bits per heavy atom. The number of amides is 1. The van der Waals surface area contributed by atoms with Gasteiger partial charge in [0.05, 0.1) is 7.11 Å². The molecule has 70 valence electrons. The van der Waals surface area contributed by atoms with Crippen molar-refractivity contribution in [3.63, 3.8) is 0 Å². The van der Waals surface area contributed by atoms with E-state index in [0.717, 1.165) is 6.42 Å². The molecule has 0 spiro atoms. The topological polar surface area (TPSA) is 69.4 Å². The number of esters is 1. The Bertz CT molecular complexity index is 179. The minimum absolute atomic E-state index is 0.0602. The summed E-state index contributed by atoms with van der Waals surface area (Å²) in [6.07, 6.45) is 0.725. The van der Waals surface area contributed by atoms with E-state index in [-0.39, 0.29) is 5.92 Å². The highest BCUT2D eigenvalue weighted by Crippen LogP contribution is 2.15. The number of primary amides is 1. The Kier molecular flexibility index (Phi) is 4.33. The van der Waals surface area contributed by atoms with Crippen LogP contribution in [-0.4, -0.2) is 19.0 Å². The molecule has 0 heterocycles. The van der Waals surface area contributed by atoms with Crippen molar-refractivity contribution in [1.82, 2.24) is 0 Å².